The molecule has 0 amide bonds. The molecule has 0 aliphatic carbocycles. The summed E-state index contributed by atoms with van der Waals surface area (Å²) in [5.41, 5.74) is 0. The van der Waals surface area contributed by atoms with Gasteiger partial charge in [-0.1, -0.05) is 394 Å². The van der Waals surface area contributed by atoms with Gasteiger partial charge in [0.25, 0.3) is 0 Å². The number of hydrogen-bond acceptors (Lipinski definition) is 15. The van der Waals surface area contributed by atoms with E-state index >= 15 is 0 Å². The van der Waals surface area contributed by atoms with E-state index in [1.165, 1.54) is 270 Å². The minimum atomic E-state index is -4.96. The molecule has 0 spiro atoms. The lowest BCUT2D eigenvalue weighted by Gasteiger charge is -2.21. The average Bonchev–Trinajstić information content (AvgIpc) is 0.910. The second kappa shape index (κ2) is 75.9. The van der Waals surface area contributed by atoms with Crippen molar-refractivity contribution in [1.29, 1.82) is 0 Å². The molecule has 0 aromatic rings. The Morgan fingerprint density at radius 1 is 0.265 bits per heavy atom. The van der Waals surface area contributed by atoms with Gasteiger partial charge < -0.3 is 33.8 Å². The lowest BCUT2D eigenvalue weighted by Crippen LogP contribution is -2.30. The van der Waals surface area contributed by atoms with Crippen molar-refractivity contribution in [2.75, 3.05) is 39.6 Å². The van der Waals surface area contributed by atoms with Crippen LogP contribution in [0, 0.1) is 5.92 Å². The molecule has 0 heterocycles. The van der Waals surface area contributed by atoms with E-state index in [2.05, 4.69) is 34.6 Å². The fourth-order valence-corrected chi connectivity index (χ4v) is 14.5. The van der Waals surface area contributed by atoms with Gasteiger partial charge in [-0.25, -0.2) is 9.13 Å². The molecule has 0 rings (SSSR count). The maximum Gasteiger partial charge on any atom is 0.472 e. The molecule has 606 valence electrons. The Labute approximate surface area is 626 Å². The number of phosphoric ester groups is 2. The Morgan fingerprint density at radius 2 is 0.451 bits per heavy atom. The second-order valence-corrected chi connectivity index (χ2v) is 33.3. The van der Waals surface area contributed by atoms with Crippen molar-refractivity contribution in [1.82, 2.24) is 0 Å². The molecule has 0 aromatic heterocycles. The van der Waals surface area contributed by atoms with Crippen LogP contribution in [0.15, 0.2) is 0 Å². The molecule has 19 heteroatoms. The molecule has 0 aromatic carbocycles. The molecule has 0 aliphatic rings. The lowest BCUT2D eigenvalue weighted by atomic mass is 10.0. The number of carbonyl (C=O) groups is 4. The normalized spacial score (nSPS) is 13.8. The summed E-state index contributed by atoms with van der Waals surface area (Å²) in [7, 11) is -9.92. The highest BCUT2D eigenvalue weighted by Gasteiger charge is 2.30. The van der Waals surface area contributed by atoms with Gasteiger partial charge >= 0.3 is 39.5 Å². The largest absolute Gasteiger partial charge is 0.472 e. The topological polar surface area (TPSA) is 237 Å². The van der Waals surface area contributed by atoms with E-state index < -0.39 is 97.5 Å². The summed E-state index contributed by atoms with van der Waals surface area (Å²) in [6.45, 7) is 7.38. The molecule has 0 fully saturated rings. The SMILES string of the molecule is CCCCCCCCCCCCCCCCCCCCC(=O)OC[C@H](COP(=O)(O)OC[C@@H](O)COP(=O)(O)OC[C@@H](COC(=O)CCCCCCCCCCCCC)OC(=O)CCCCCCCCCCCCCC)OC(=O)CCCCCCCCCCCCCCCCCCCCC(C)C. The highest BCUT2D eigenvalue weighted by atomic mass is 31.2. The van der Waals surface area contributed by atoms with Gasteiger partial charge in [-0.15, -0.1) is 0 Å². The predicted molar refractivity (Wildman–Crippen MR) is 418 cm³/mol. The number of ether oxygens (including phenoxy) is 4. The van der Waals surface area contributed by atoms with Crippen molar-refractivity contribution in [3.63, 3.8) is 0 Å². The summed E-state index contributed by atoms with van der Waals surface area (Å²) in [4.78, 5) is 73.1. The number of rotatable bonds is 83. The first-order chi connectivity index (χ1) is 49.5. The summed E-state index contributed by atoms with van der Waals surface area (Å²) < 4.78 is 68.8. The van der Waals surface area contributed by atoms with Crippen LogP contribution in [0.25, 0.3) is 0 Å². The molecule has 0 radical (unpaired) electrons. The lowest BCUT2D eigenvalue weighted by molar-refractivity contribution is -0.161. The standard InChI is InChI=1S/C83H162O17P2/c1-6-9-12-15-18-21-24-26-27-28-32-35-38-43-47-52-57-62-67-81(86)94-73-79(100-83(88)69-64-59-54-49-44-39-36-33-30-29-31-34-37-41-45-50-55-60-65-76(4)5)75-98-102(91,92)96-71-77(84)70-95-101(89,90)97-74-78(72-93-80(85)66-61-56-51-46-40-23-20-17-14-11-8-3)99-82(87)68-63-58-53-48-42-25-22-19-16-13-10-7-2/h76-79,84H,6-75H2,1-5H3,(H,89,90)(H,91,92)/t77-,78+,79+/m0/s1. The zero-order valence-corrected chi connectivity index (χ0v) is 68.5. The van der Waals surface area contributed by atoms with E-state index in [0.717, 1.165) is 95.8 Å². The molecular formula is C83H162O17P2. The Kier molecular flexibility index (Phi) is 74.4. The summed E-state index contributed by atoms with van der Waals surface area (Å²) in [6.07, 6.45) is 68.0. The zero-order valence-electron chi connectivity index (χ0n) is 66.8. The van der Waals surface area contributed by atoms with E-state index in [4.69, 9.17) is 37.0 Å². The van der Waals surface area contributed by atoms with Gasteiger partial charge in [-0.05, 0) is 31.6 Å². The maximum absolute atomic E-state index is 13.1. The zero-order chi connectivity index (χ0) is 74.8. The molecule has 0 saturated heterocycles. The minimum Gasteiger partial charge on any atom is -0.462 e. The third-order valence-corrected chi connectivity index (χ3v) is 21.4. The third kappa shape index (κ3) is 76.3. The Hall–Kier alpha value is -1.94. The Bertz CT molecular complexity index is 1940. The molecular weight excluding hydrogens is 1330 g/mol. The number of hydrogen-bond donors (Lipinski definition) is 3. The van der Waals surface area contributed by atoms with Crippen LogP contribution in [-0.4, -0.2) is 96.7 Å². The predicted octanol–water partition coefficient (Wildman–Crippen LogP) is 25.2. The fraction of sp³-hybridized carbons (Fsp3) is 0.952. The van der Waals surface area contributed by atoms with Gasteiger partial charge in [-0.3, -0.25) is 37.3 Å². The van der Waals surface area contributed by atoms with E-state index in [9.17, 15) is 43.2 Å². The minimum absolute atomic E-state index is 0.108. The van der Waals surface area contributed by atoms with Crippen LogP contribution in [0.5, 0.6) is 0 Å². The van der Waals surface area contributed by atoms with Crippen LogP contribution >= 0.6 is 15.6 Å². The van der Waals surface area contributed by atoms with Gasteiger partial charge in [0, 0.05) is 25.7 Å². The van der Waals surface area contributed by atoms with Crippen molar-refractivity contribution in [3.05, 3.63) is 0 Å². The number of phosphoric acid groups is 2. The first kappa shape index (κ1) is 100. The van der Waals surface area contributed by atoms with Crippen LogP contribution in [0.2, 0.25) is 0 Å². The summed E-state index contributed by atoms with van der Waals surface area (Å²) >= 11 is 0. The molecule has 2 unspecified atom stereocenters. The molecule has 5 atom stereocenters. The van der Waals surface area contributed by atoms with Gasteiger partial charge in [0.2, 0.25) is 0 Å². The highest BCUT2D eigenvalue weighted by molar-refractivity contribution is 7.47. The summed E-state index contributed by atoms with van der Waals surface area (Å²) in [6, 6.07) is 0. The monoisotopic (exact) mass is 1490 g/mol. The Balaban J connectivity index is 5.22. The van der Waals surface area contributed by atoms with Crippen molar-refractivity contribution in [2.45, 2.75) is 464 Å². The number of unbranched alkanes of at least 4 members (excludes halogenated alkanes) is 55. The summed E-state index contributed by atoms with van der Waals surface area (Å²) in [5, 5.41) is 10.6. The van der Waals surface area contributed by atoms with Gasteiger partial charge in [0.1, 0.15) is 19.3 Å². The van der Waals surface area contributed by atoms with Crippen LogP contribution in [0.1, 0.15) is 446 Å². The van der Waals surface area contributed by atoms with Gasteiger partial charge in [0.15, 0.2) is 12.2 Å². The average molecular weight is 1490 g/mol. The van der Waals surface area contributed by atoms with Crippen LogP contribution in [0.4, 0.5) is 0 Å². The molecule has 102 heavy (non-hydrogen) atoms. The van der Waals surface area contributed by atoms with Crippen molar-refractivity contribution < 1.29 is 80.2 Å². The van der Waals surface area contributed by atoms with Gasteiger partial charge in [-0.2, -0.15) is 0 Å². The number of aliphatic hydroxyl groups excluding tert-OH is 1. The van der Waals surface area contributed by atoms with E-state index in [1.807, 2.05) is 0 Å². The van der Waals surface area contributed by atoms with Crippen LogP contribution in [-0.2, 0) is 65.4 Å². The van der Waals surface area contributed by atoms with Crippen molar-refractivity contribution in [2.24, 2.45) is 5.92 Å². The molecule has 3 N–H and O–H groups in total. The number of esters is 4. The second-order valence-electron chi connectivity index (χ2n) is 30.3. The van der Waals surface area contributed by atoms with Gasteiger partial charge in [0.05, 0.1) is 26.4 Å². The highest BCUT2D eigenvalue weighted by Crippen LogP contribution is 2.45. The quantitative estimate of drug-likeness (QED) is 0.0222. The first-order valence-electron chi connectivity index (χ1n) is 43.1. The molecule has 0 aliphatic heterocycles. The van der Waals surface area contributed by atoms with E-state index in [-0.39, 0.29) is 25.7 Å². The molecule has 17 nitrogen and oxygen atoms in total. The first-order valence-corrected chi connectivity index (χ1v) is 46.1. The van der Waals surface area contributed by atoms with E-state index in [1.54, 1.807) is 0 Å². The fourth-order valence-electron chi connectivity index (χ4n) is 12.9. The third-order valence-electron chi connectivity index (χ3n) is 19.5. The van der Waals surface area contributed by atoms with Crippen LogP contribution in [0.3, 0.4) is 0 Å². The number of aliphatic hydroxyl groups is 1. The summed E-state index contributed by atoms with van der Waals surface area (Å²) in [5.74, 6) is -1.28. The number of carbonyl (C=O) groups excluding carboxylic acids is 4. The van der Waals surface area contributed by atoms with Crippen LogP contribution < -0.4 is 0 Å². The molecule has 0 bridgehead atoms. The smallest absolute Gasteiger partial charge is 0.462 e. The van der Waals surface area contributed by atoms with Crippen molar-refractivity contribution >= 4 is 39.5 Å². The maximum atomic E-state index is 13.1. The van der Waals surface area contributed by atoms with Crippen molar-refractivity contribution in [3.8, 4) is 0 Å². The Morgan fingerprint density at radius 3 is 0.667 bits per heavy atom. The molecule has 0 saturated carbocycles. The van der Waals surface area contributed by atoms with E-state index in [0.29, 0.717) is 25.7 Å².